The van der Waals surface area contributed by atoms with Crippen LogP contribution < -0.4 is 10.3 Å². The van der Waals surface area contributed by atoms with Crippen molar-refractivity contribution in [3.05, 3.63) is 43.7 Å². The maximum Gasteiger partial charge on any atom is 0.341 e. The zero-order valence-corrected chi connectivity index (χ0v) is 18.1. The SMILES string of the molecule is Cc1c(N2CC(C)OC(C)C2)c([N+](=O)[O-])cc2c(=O)c(C(=O)O)cn(C(C)(C)C)c12. The first-order valence-corrected chi connectivity index (χ1v) is 9.84. The molecule has 2 aromatic rings. The van der Waals surface area contributed by atoms with Crippen LogP contribution in [0.2, 0.25) is 0 Å². The molecule has 2 heterocycles. The van der Waals surface area contributed by atoms with Crippen LogP contribution in [0.4, 0.5) is 11.4 Å². The Labute approximate surface area is 174 Å². The molecule has 0 radical (unpaired) electrons. The van der Waals surface area contributed by atoms with Crippen molar-refractivity contribution >= 4 is 28.2 Å². The minimum Gasteiger partial charge on any atom is -0.477 e. The van der Waals surface area contributed by atoms with Crippen LogP contribution in [0.1, 0.15) is 50.5 Å². The Bertz CT molecular complexity index is 1090. The highest BCUT2D eigenvalue weighted by Crippen LogP contribution is 2.39. The monoisotopic (exact) mass is 417 g/mol. The number of anilines is 1. The fourth-order valence-corrected chi connectivity index (χ4v) is 4.24. The molecule has 0 amide bonds. The fraction of sp³-hybridized carbons (Fsp3) is 0.524. The molecule has 0 bridgehead atoms. The predicted octanol–water partition coefficient (Wildman–Crippen LogP) is 3.28. The van der Waals surface area contributed by atoms with Gasteiger partial charge in [0.2, 0.25) is 5.43 Å². The summed E-state index contributed by atoms with van der Waals surface area (Å²) in [6, 6.07) is 1.22. The Hall–Kier alpha value is -2.94. The number of carbonyl (C=O) groups is 1. The molecule has 1 N–H and O–H groups in total. The number of aromatic nitrogens is 1. The molecule has 3 rings (SSSR count). The molecule has 30 heavy (non-hydrogen) atoms. The first-order chi connectivity index (χ1) is 13.8. The number of aromatic carboxylic acids is 1. The van der Waals surface area contributed by atoms with E-state index in [2.05, 4.69) is 0 Å². The maximum absolute atomic E-state index is 12.9. The van der Waals surface area contributed by atoms with E-state index >= 15 is 0 Å². The topological polar surface area (TPSA) is 115 Å². The zero-order chi connectivity index (χ0) is 22.5. The third-order valence-corrected chi connectivity index (χ3v) is 5.36. The van der Waals surface area contributed by atoms with Crippen LogP contribution in [0, 0.1) is 17.0 Å². The largest absolute Gasteiger partial charge is 0.477 e. The lowest BCUT2D eigenvalue weighted by Crippen LogP contribution is -2.46. The molecule has 2 atom stereocenters. The molecule has 0 saturated carbocycles. The van der Waals surface area contributed by atoms with Crippen molar-refractivity contribution in [1.29, 1.82) is 0 Å². The summed E-state index contributed by atoms with van der Waals surface area (Å²) in [5, 5.41) is 21.5. The number of nitrogens with zero attached hydrogens (tertiary/aromatic N) is 3. The first-order valence-electron chi connectivity index (χ1n) is 9.84. The maximum atomic E-state index is 12.9. The van der Waals surface area contributed by atoms with E-state index in [0.717, 1.165) is 0 Å². The summed E-state index contributed by atoms with van der Waals surface area (Å²) in [4.78, 5) is 38.0. The highest BCUT2D eigenvalue weighted by atomic mass is 16.6. The van der Waals surface area contributed by atoms with Crippen LogP contribution in [0.3, 0.4) is 0 Å². The van der Waals surface area contributed by atoms with E-state index in [0.29, 0.717) is 29.9 Å². The standard InChI is InChI=1S/C21H27N3O6/c1-11-8-22(9-12(2)30-11)18-13(3)17-14(7-16(18)24(28)29)19(25)15(20(26)27)10-23(17)21(4,5)6/h7,10-12H,8-9H2,1-6H3,(H,26,27). The number of carboxylic acid groups (broad SMARTS) is 1. The molecular weight excluding hydrogens is 390 g/mol. The number of hydrogen-bond donors (Lipinski definition) is 1. The average molecular weight is 417 g/mol. The lowest BCUT2D eigenvalue weighted by molar-refractivity contribution is -0.384. The number of fused-ring (bicyclic) bond motifs is 1. The molecule has 1 aliphatic rings. The molecule has 2 unspecified atom stereocenters. The van der Waals surface area contributed by atoms with Crippen molar-refractivity contribution in [3.8, 4) is 0 Å². The van der Waals surface area contributed by atoms with E-state index in [4.69, 9.17) is 4.74 Å². The Kier molecular flexibility index (Phi) is 5.36. The lowest BCUT2D eigenvalue weighted by Gasteiger charge is -2.37. The number of pyridine rings is 1. The molecule has 162 valence electrons. The smallest absolute Gasteiger partial charge is 0.341 e. The minimum absolute atomic E-state index is 0.0344. The van der Waals surface area contributed by atoms with Gasteiger partial charge in [-0.2, -0.15) is 0 Å². The van der Waals surface area contributed by atoms with Gasteiger partial charge in [0.15, 0.2) is 0 Å². The van der Waals surface area contributed by atoms with Crippen LogP contribution in [0.15, 0.2) is 17.1 Å². The van der Waals surface area contributed by atoms with E-state index in [1.807, 2.05) is 39.5 Å². The van der Waals surface area contributed by atoms with Gasteiger partial charge >= 0.3 is 5.97 Å². The molecule has 1 aromatic heterocycles. The normalized spacial score (nSPS) is 19.9. The van der Waals surface area contributed by atoms with Crippen molar-refractivity contribution in [1.82, 2.24) is 4.57 Å². The van der Waals surface area contributed by atoms with Crippen LogP contribution >= 0.6 is 0 Å². The predicted molar refractivity (Wildman–Crippen MR) is 114 cm³/mol. The number of aryl methyl sites for hydroxylation is 1. The fourth-order valence-electron chi connectivity index (χ4n) is 4.24. The Balaban J connectivity index is 2.47. The number of benzene rings is 1. The number of morpholine rings is 1. The third kappa shape index (κ3) is 3.65. The van der Waals surface area contributed by atoms with Crippen LogP contribution in [0.25, 0.3) is 10.9 Å². The molecular formula is C21H27N3O6. The second-order valence-corrected chi connectivity index (χ2v) is 8.90. The summed E-state index contributed by atoms with van der Waals surface area (Å²) in [5.41, 5.74) is -0.377. The molecule has 1 aromatic carbocycles. The van der Waals surface area contributed by atoms with Crippen molar-refractivity contribution < 1.29 is 19.6 Å². The molecule has 1 fully saturated rings. The number of ether oxygens (including phenoxy) is 1. The number of nitro benzene ring substituents is 1. The van der Waals surface area contributed by atoms with Crippen LogP contribution in [-0.2, 0) is 10.3 Å². The van der Waals surface area contributed by atoms with Crippen molar-refractivity contribution in [2.45, 2.75) is 59.3 Å². The van der Waals surface area contributed by atoms with Crippen molar-refractivity contribution in [2.24, 2.45) is 0 Å². The second-order valence-electron chi connectivity index (χ2n) is 8.90. The summed E-state index contributed by atoms with van der Waals surface area (Å²) in [6.07, 6.45) is 1.12. The van der Waals surface area contributed by atoms with E-state index in [1.165, 1.54) is 12.3 Å². The summed E-state index contributed by atoms with van der Waals surface area (Å²) < 4.78 is 7.50. The Morgan fingerprint density at radius 3 is 2.30 bits per heavy atom. The minimum atomic E-state index is -1.36. The highest BCUT2D eigenvalue weighted by molar-refractivity contribution is 5.97. The number of rotatable bonds is 3. The van der Waals surface area contributed by atoms with Gasteiger partial charge < -0.3 is 19.3 Å². The second kappa shape index (κ2) is 7.39. The summed E-state index contributed by atoms with van der Waals surface area (Å²) in [6.45, 7) is 12.2. The molecule has 1 aliphatic heterocycles. The number of hydrogen-bond acceptors (Lipinski definition) is 6. The molecule has 0 aliphatic carbocycles. The van der Waals surface area contributed by atoms with Gasteiger partial charge in [-0.3, -0.25) is 14.9 Å². The molecule has 0 spiro atoms. The van der Waals surface area contributed by atoms with E-state index in [9.17, 15) is 24.8 Å². The van der Waals surface area contributed by atoms with Gasteiger partial charge in [-0.25, -0.2) is 4.79 Å². The van der Waals surface area contributed by atoms with Gasteiger partial charge in [-0.1, -0.05) is 0 Å². The summed E-state index contributed by atoms with van der Waals surface area (Å²) >= 11 is 0. The van der Waals surface area contributed by atoms with Crippen LogP contribution in [0.5, 0.6) is 0 Å². The van der Waals surface area contributed by atoms with Crippen molar-refractivity contribution in [2.75, 3.05) is 18.0 Å². The van der Waals surface area contributed by atoms with Gasteiger partial charge in [0.25, 0.3) is 5.69 Å². The van der Waals surface area contributed by atoms with E-state index in [1.54, 1.807) is 11.5 Å². The van der Waals surface area contributed by atoms with Crippen molar-refractivity contribution in [3.63, 3.8) is 0 Å². The van der Waals surface area contributed by atoms with Gasteiger partial charge in [-0.15, -0.1) is 0 Å². The lowest BCUT2D eigenvalue weighted by atomic mass is 9.99. The van der Waals surface area contributed by atoms with Gasteiger partial charge in [0, 0.05) is 36.5 Å². The molecule has 9 heteroatoms. The Morgan fingerprint density at radius 1 is 1.27 bits per heavy atom. The summed E-state index contributed by atoms with van der Waals surface area (Å²) in [5.74, 6) is -1.36. The Morgan fingerprint density at radius 2 is 1.83 bits per heavy atom. The van der Waals surface area contributed by atoms with E-state index < -0.39 is 27.4 Å². The quantitative estimate of drug-likeness (QED) is 0.602. The average Bonchev–Trinajstić information content (AvgIpc) is 2.59. The van der Waals surface area contributed by atoms with Crippen LogP contribution in [-0.4, -0.2) is 45.9 Å². The molecule has 1 saturated heterocycles. The summed E-state index contributed by atoms with van der Waals surface area (Å²) in [7, 11) is 0. The highest BCUT2D eigenvalue weighted by Gasteiger charge is 2.32. The van der Waals surface area contributed by atoms with E-state index in [-0.39, 0.29) is 23.3 Å². The zero-order valence-electron chi connectivity index (χ0n) is 18.1. The number of nitro groups is 1. The first kappa shape index (κ1) is 21.8. The van der Waals surface area contributed by atoms with Gasteiger partial charge in [0.1, 0.15) is 11.3 Å². The van der Waals surface area contributed by atoms with Gasteiger partial charge in [-0.05, 0) is 41.5 Å². The third-order valence-electron chi connectivity index (χ3n) is 5.36. The van der Waals surface area contributed by atoms with Gasteiger partial charge in [0.05, 0.1) is 28.0 Å². The molecule has 9 nitrogen and oxygen atoms in total. The number of carboxylic acids is 1.